The fourth-order valence-corrected chi connectivity index (χ4v) is 1.77. The number of hydrazine groups is 1. The number of nitrogens with zero attached hydrogens (tertiary/aromatic N) is 5. The van der Waals surface area contributed by atoms with Crippen molar-refractivity contribution < 1.29 is 0 Å². The molecule has 0 aliphatic rings. The van der Waals surface area contributed by atoms with Gasteiger partial charge in [-0.15, -0.1) is 5.10 Å². The Kier molecular flexibility index (Phi) is 2.99. The van der Waals surface area contributed by atoms with E-state index in [2.05, 4.69) is 25.1 Å². The Bertz CT molecular complexity index is 409. The van der Waals surface area contributed by atoms with Crippen molar-refractivity contribution in [2.75, 3.05) is 0 Å². The van der Waals surface area contributed by atoms with E-state index >= 15 is 0 Å². The molecule has 0 radical (unpaired) electrons. The second-order valence-electron chi connectivity index (χ2n) is 3.05. The standard InChI is InChI=1S/C7H11N7S/c1-14-7(9-4-10-14)2-5(11-8)6-3-15-13-12-6/h3-5,11H,2,8H2,1H3. The monoisotopic (exact) mass is 225 g/mol. The van der Waals surface area contributed by atoms with Gasteiger partial charge in [0.1, 0.15) is 12.2 Å². The highest BCUT2D eigenvalue weighted by molar-refractivity contribution is 7.03. The number of hydrogen-bond acceptors (Lipinski definition) is 7. The molecule has 2 aromatic heterocycles. The molecule has 0 amide bonds. The van der Waals surface area contributed by atoms with Crippen LogP contribution in [0, 0.1) is 0 Å². The van der Waals surface area contributed by atoms with Crippen LogP contribution in [0.1, 0.15) is 17.6 Å². The summed E-state index contributed by atoms with van der Waals surface area (Å²) >= 11 is 1.30. The summed E-state index contributed by atoms with van der Waals surface area (Å²) < 4.78 is 5.51. The maximum absolute atomic E-state index is 5.46. The van der Waals surface area contributed by atoms with Gasteiger partial charge in [0, 0.05) is 18.8 Å². The van der Waals surface area contributed by atoms with Crippen molar-refractivity contribution in [3.05, 3.63) is 23.2 Å². The van der Waals surface area contributed by atoms with E-state index in [4.69, 9.17) is 5.84 Å². The van der Waals surface area contributed by atoms with Gasteiger partial charge in [-0.2, -0.15) is 5.10 Å². The Hall–Kier alpha value is -1.38. The second kappa shape index (κ2) is 4.43. The van der Waals surface area contributed by atoms with Crippen molar-refractivity contribution in [1.29, 1.82) is 0 Å². The predicted molar refractivity (Wildman–Crippen MR) is 54.7 cm³/mol. The smallest absolute Gasteiger partial charge is 0.138 e. The fraction of sp³-hybridized carbons (Fsp3) is 0.429. The molecule has 0 saturated heterocycles. The normalized spacial score (nSPS) is 12.9. The molecule has 2 rings (SSSR count). The van der Waals surface area contributed by atoms with E-state index in [1.165, 1.54) is 17.9 Å². The van der Waals surface area contributed by atoms with Crippen LogP contribution in [0.2, 0.25) is 0 Å². The molecular formula is C7H11N7S. The van der Waals surface area contributed by atoms with E-state index in [1.54, 1.807) is 4.68 Å². The van der Waals surface area contributed by atoms with Gasteiger partial charge in [0.15, 0.2) is 0 Å². The fourth-order valence-electron chi connectivity index (χ4n) is 1.26. The molecule has 0 spiro atoms. The van der Waals surface area contributed by atoms with Gasteiger partial charge in [0.05, 0.1) is 11.7 Å². The topological polar surface area (TPSA) is 94.5 Å². The van der Waals surface area contributed by atoms with Gasteiger partial charge in [-0.25, -0.2) is 4.98 Å². The number of nitrogens with two attached hydrogens (primary N) is 1. The van der Waals surface area contributed by atoms with E-state index < -0.39 is 0 Å². The van der Waals surface area contributed by atoms with Crippen LogP contribution in [0.25, 0.3) is 0 Å². The van der Waals surface area contributed by atoms with Crippen LogP contribution in [-0.2, 0) is 13.5 Å². The Labute approximate surface area is 90.5 Å². The Morgan fingerprint density at radius 1 is 1.67 bits per heavy atom. The Balaban J connectivity index is 2.13. The molecule has 7 nitrogen and oxygen atoms in total. The van der Waals surface area contributed by atoms with E-state index in [-0.39, 0.29) is 6.04 Å². The zero-order valence-corrected chi connectivity index (χ0v) is 8.98. The van der Waals surface area contributed by atoms with Crippen LogP contribution in [0.15, 0.2) is 11.7 Å². The van der Waals surface area contributed by atoms with Crippen LogP contribution < -0.4 is 11.3 Å². The van der Waals surface area contributed by atoms with Crippen molar-refractivity contribution in [2.45, 2.75) is 12.5 Å². The maximum Gasteiger partial charge on any atom is 0.138 e. The molecule has 0 fully saturated rings. The molecule has 2 heterocycles. The minimum absolute atomic E-state index is 0.0772. The molecular weight excluding hydrogens is 214 g/mol. The molecule has 8 heteroatoms. The summed E-state index contributed by atoms with van der Waals surface area (Å²) in [6.45, 7) is 0. The predicted octanol–water partition coefficient (Wildman–Crippen LogP) is -0.586. The summed E-state index contributed by atoms with van der Waals surface area (Å²) in [5, 5.41) is 9.82. The maximum atomic E-state index is 5.46. The average molecular weight is 225 g/mol. The Morgan fingerprint density at radius 2 is 2.53 bits per heavy atom. The lowest BCUT2D eigenvalue weighted by Gasteiger charge is -2.11. The van der Waals surface area contributed by atoms with Crippen molar-refractivity contribution >= 4 is 11.5 Å². The van der Waals surface area contributed by atoms with E-state index in [0.717, 1.165) is 11.5 Å². The molecule has 0 bridgehead atoms. The van der Waals surface area contributed by atoms with E-state index in [1.807, 2.05) is 12.4 Å². The molecule has 1 atom stereocenters. The molecule has 1 unspecified atom stereocenters. The third-order valence-electron chi connectivity index (χ3n) is 2.13. The largest absolute Gasteiger partial charge is 0.271 e. The van der Waals surface area contributed by atoms with Crippen molar-refractivity contribution in [1.82, 2.24) is 29.8 Å². The molecule has 0 saturated carbocycles. The third kappa shape index (κ3) is 2.17. The quantitative estimate of drug-likeness (QED) is 0.533. The van der Waals surface area contributed by atoms with Crippen LogP contribution in [0.4, 0.5) is 0 Å². The van der Waals surface area contributed by atoms with Crippen LogP contribution in [0.5, 0.6) is 0 Å². The zero-order chi connectivity index (χ0) is 10.7. The van der Waals surface area contributed by atoms with Crippen molar-refractivity contribution in [3.8, 4) is 0 Å². The van der Waals surface area contributed by atoms with Gasteiger partial charge in [-0.1, -0.05) is 4.49 Å². The summed E-state index contributed by atoms with van der Waals surface area (Å²) in [6.07, 6.45) is 2.15. The number of nitrogens with one attached hydrogen (secondary N) is 1. The van der Waals surface area contributed by atoms with Gasteiger partial charge in [0.2, 0.25) is 0 Å². The molecule has 3 N–H and O–H groups in total. The molecule has 15 heavy (non-hydrogen) atoms. The highest BCUT2D eigenvalue weighted by Gasteiger charge is 2.15. The summed E-state index contributed by atoms with van der Waals surface area (Å²) in [5.74, 6) is 6.31. The third-order valence-corrected chi connectivity index (χ3v) is 2.65. The first kappa shape index (κ1) is 10.1. The van der Waals surface area contributed by atoms with Gasteiger partial charge in [-0.3, -0.25) is 16.0 Å². The molecule has 0 aliphatic carbocycles. The molecule has 0 aliphatic heterocycles. The summed E-state index contributed by atoms with van der Waals surface area (Å²) in [7, 11) is 1.84. The van der Waals surface area contributed by atoms with Gasteiger partial charge >= 0.3 is 0 Å². The van der Waals surface area contributed by atoms with Gasteiger partial charge < -0.3 is 0 Å². The van der Waals surface area contributed by atoms with Crippen LogP contribution in [0.3, 0.4) is 0 Å². The highest BCUT2D eigenvalue weighted by Crippen LogP contribution is 2.14. The first-order valence-corrected chi connectivity index (χ1v) is 5.21. The molecule has 80 valence electrons. The molecule has 2 aromatic rings. The van der Waals surface area contributed by atoms with Crippen LogP contribution in [-0.4, -0.2) is 24.4 Å². The van der Waals surface area contributed by atoms with Crippen molar-refractivity contribution in [2.24, 2.45) is 12.9 Å². The zero-order valence-electron chi connectivity index (χ0n) is 8.16. The van der Waals surface area contributed by atoms with Crippen LogP contribution >= 0.6 is 11.5 Å². The Morgan fingerprint density at radius 3 is 3.07 bits per heavy atom. The minimum Gasteiger partial charge on any atom is -0.271 e. The van der Waals surface area contributed by atoms with Gasteiger partial charge in [0.25, 0.3) is 0 Å². The van der Waals surface area contributed by atoms with E-state index in [9.17, 15) is 0 Å². The van der Waals surface area contributed by atoms with Gasteiger partial charge in [-0.05, 0) is 11.5 Å². The lowest BCUT2D eigenvalue weighted by atomic mass is 10.1. The van der Waals surface area contributed by atoms with Crippen molar-refractivity contribution in [3.63, 3.8) is 0 Å². The average Bonchev–Trinajstić information content (AvgIpc) is 2.86. The lowest BCUT2D eigenvalue weighted by Crippen LogP contribution is -2.30. The summed E-state index contributed by atoms with van der Waals surface area (Å²) in [4.78, 5) is 4.12. The first-order valence-electron chi connectivity index (χ1n) is 4.37. The summed E-state index contributed by atoms with van der Waals surface area (Å²) in [6, 6.07) is -0.0772. The van der Waals surface area contributed by atoms with E-state index in [0.29, 0.717) is 6.42 Å². The lowest BCUT2D eigenvalue weighted by molar-refractivity contribution is 0.511. The first-order chi connectivity index (χ1) is 7.31. The number of rotatable bonds is 4. The number of aromatic nitrogens is 5. The second-order valence-corrected chi connectivity index (χ2v) is 3.66. The number of aryl methyl sites for hydroxylation is 1. The summed E-state index contributed by atoms with van der Waals surface area (Å²) in [5.41, 5.74) is 3.52. The SMILES string of the molecule is Cn1ncnc1CC(NN)c1csnn1. The number of hydrogen-bond donors (Lipinski definition) is 2. The highest BCUT2D eigenvalue weighted by atomic mass is 32.1. The minimum atomic E-state index is -0.0772. The molecule has 0 aromatic carbocycles.